The van der Waals surface area contributed by atoms with Crippen molar-refractivity contribution in [2.75, 3.05) is 13.2 Å². The van der Waals surface area contributed by atoms with E-state index in [-0.39, 0.29) is 0 Å². The Kier molecular flexibility index (Phi) is 4.20. The first-order chi connectivity index (χ1) is 7.25. The van der Waals surface area contributed by atoms with Gasteiger partial charge in [0, 0.05) is 24.6 Å². The summed E-state index contributed by atoms with van der Waals surface area (Å²) in [6.07, 6.45) is 1.62. The van der Waals surface area contributed by atoms with E-state index < -0.39 is 0 Å². The first-order valence-corrected chi connectivity index (χ1v) is 6.93. The molecule has 84 valence electrons. The number of hydrogen-bond donors (Lipinski definition) is 1. The minimum Gasteiger partial charge on any atom is -0.378 e. The Morgan fingerprint density at radius 1 is 1.60 bits per heavy atom. The van der Waals surface area contributed by atoms with Crippen molar-refractivity contribution in [3.05, 3.63) is 20.8 Å². The van der Waals surface area contributed by atoms with Crippen molar-refractivity contribution in [1.29, 1.82) is 0 Å². The van der Waals surface area contributed by atoms with E-state index in [1.54, 1.807) is 11.3 Å². The fourth-order valence-corrected chi connectivity index (χ4v) is 3.32. The van der Waals surface area contributed by atoms with E-state index in [0.29, 0.717) is 12.0 Å². The molecule has 2 heterocycles. The quantitative estimate of drug-likeness (QED) is 0.920. The predicted molar refractivity (Wildman–Crippen MR) is 67.2 cm³/mol. The van der Waals surface area contributed by atoms with Crippen molar-refractivity contribution in [3.8, 4) is 0 Å². The smallest absolute Gasteiger partial charge is 0.0701 e. The minimum atomic E-state index is 0.424. The number of halogens is 1. The molecular weight excluding hydrogens is 274 g/mol. The number of thiophene rings is 1. The Labute approximate surface area is 103 Å². The lowest BCUT2D eigenvalue weighted by Crippen LogP contribution is -2.26. The van der Waals surface area contributed by atoms with Gasteiger partial charge in [0.1, 0.15) is 0 Å². The molecule has 2 rings (SSSR count). The van der Waals surface area contributed by atoms with Gasteiger partial charge in [0.15, 0.2) is 0 Å². The third-order valence-electron chi connectivity index (χ3n) is 2.87. The van der Waals surface area contributed by atoms with Crippen LogP contribution >= 0.6 is 27.3 Å². The summed E-state index contributed by atoms with van der Waals surface area (Å²) >= 11 is 5.26. The molecule has 0 radical (unpaired) electrons. The molecular formula is C11H16BrNOS. The van der Waals surface area contributed by atoms with Gasteiger partial charge in [-0.3, -0.25) is 0 Å². The van der Waals surface area contributed by atoms with E-state index in [9.17, 15) is 0 Å². The zero-order valence-electron chi connectivity index (χ0n) is 8.83. The van der Waals surface area contributed by atoms with Gasteiger partial charge in [-0.1, -0.05) is 0 Å². The predicted octanol–water partition coefficient (Wildman–Crippen LogP) is 3.03. The third-order valence-corrected chi connectivity index (χ3v) is 4.49. The molecule has 2 nitrogen and oxygen atoms in total. The van der Waals surface area contributed by atoms with Crippen LogP contribution in [0.25, 0.3) is 0 Å². The Bertz CT molecular complexity index is 315. The summed E-state index contributed by atoms with van der Waals surface area (Å²) in [5.74, 6) is 0.688. The van der Waals surface area contributed by atoms with Gasteiger partial charge in [0.05, 0.1) is 9.89 Å². The van der Waals surface area contributed by atoms with Gasteiger partial charge in [-0.25, -0.2) is 0 Å². The van der Waals surface area contributed by atoms with Crippen molar-refractivity contribution < 1.29 is 4.74 Å². The van der Waals surface area contributed by atoms with Gasteiger partial charge in [0.2, 0.25) is 0 Å². The normalized spacial score (nSPS) is 26.0. The molecule has 1 aromatic heterocycles. The Hall–Kier alpha value is 0.1000. The molecule has 4 heteroatoms. The van der Waals surface area contributed by atoms with E-state index in [4.69, 9.17) is 4.74 Å². The van der Waals surface area contributed by atoms with Gasteiger partial charge < -0.3 is 10.1 Å². The van der Waals surface area contributed by atoms with Crippen molar-refractivity contribution >= 4 is 27.3 Å². The molecule has 0 saturated carbocycles. The van der Waals surface area contributed by atoms with Gasteiger partial charge in [-0.05, 0) is 47.3 Å². The molecule has 1 saturated heterocycles. The summed E-state index contributed by atoms with van der Waals surface area (Å²) in [4.78, 5) is 1.38. The van der Waals surface area contributed by atoms with E-state index >= 15 is 0 Å². The second-order valence-corrected chi connectivity index (χ2v) is 6.51. The molecule has 2 unspecified atom stereocenters. The van der Waals surface area contributed by atoms with Gasteiger partial charge >= 0.3 is 0 Å². The maximum absolute atomic E-state index is 5.53. The average Bonchev–Trinajstić information content (AvgIpc) is 2.77. The molecule has 1 aromatic rings. The lowest BCUT2D eigenvalue weighted by Gasteiger charge is -2.14. The molecule has 0 amide bonds. The van der Waals surface area contributed by atoms with Crippen LogP contribution < -0.4 is 5.32 Å². The Morgan fingerprint density at radius 2 is 2.47 bits per heavy atom. The highest BCUT2D eigenvalue weighted by Gasteiger charge is 2.23. The lowest BCUT2D eigenvalue weighted by atomic mass is 10.0. The molecule has 15 heavy (non-hydrogen) atoms. The minimum absolute atomic E-state index is 0.424. The maximum Gasteiger partial charge on any atom is 0.0701 e. The molecule has 1 fully saturated rings. The van der Waals surface area contributed by atoms with E-state index in [2.05, 4.69) is 40.3 Å². The number of nitrogens with one attached hydrogen (secondary N) is 1. The summed E-state index contributed by atoms with van der Waals surface area (Å²) in [5, 5.41) is 3.50. The lowest BCUT2D eigenvalue weighted by molar-refractivity contribution is 0.105. The fraction of sp³-hybridized carbons (Fsp3) is 0.636. The second kappa shape index (κ2) is 5.43. The van der Waals surface area contributed by atoms with E-state index in [0.717, 1.165) is 19.7 Å². The number of ether oxygens (including phenoxy) is 1. The molecule has 1 N–H and O–H groups in total. The average molecular weight is 290 g/mol. The van der Waals surface area contributed by atoms with Crippen LogP contribution in [-0.2, 0) is 11.3 Å². The summed E-state index contributed by atoms with van der Waals surface area (Å²) in [5.41, 5.74) is 0. The van der Waals surface area contributed by atoms with Crippen molar-refractivity contribution in [2.24, 2.45) is 5.92 Å². The van der Waals surface area contributed by atoms with E-state index in [1.807, 2.05) is 0 Å². The summed E-state index contributed by atoms with van der Waals surface area (Å²) in [7, 11) is 0. The van der Waals surface area contributed by atoms with Gasteiger partial charge in [-0.15, -0.1) is 11.3 Å². The van der Waals surface area contributed by atoms with Gasteiger partial charge in [-0.2, -0.15) is 0 Å². The SMILES string of the molecule is CC1OCCC1CNCc1ccc(Br)s1. The monoisotopic (exact) mass is 289 g/mol. The van der Waals surface area contributed by atoms with Crippen molar-refractivity contribution in [2.45, 2.75) is 26.0 Å². The summed E-state index contributed by atoms with van der Waals surface area (Å²) in [6, 6.07) is 4.26. The van der Waals surface area contributed by atoms with Crippen LogP contribution in [0.15, 0.2) is 15.9 Å². The summed E-state index contributed by atoms with van der Waals surface area (Å²) in [6.45, 7) is 5.13. The third kappa shape index (κ3) is 3.28. The highest BCUT2D eigenvalue weighted by atomic mass is 79.9. The van der Waals surface area contributed by atoms with Crippen LogP contribution in [0.5, 0.6) is 0 Å². The largest absolute Gasteiger partial charge is 0.378 e. The molecule has 0 aromatic carbocycles. The highest BCUT2D eigenvalue weighted by molar-refractivity contribution is 9.11. The topological polar surface area (TPSA) is 21.3 Å². The number of hydrogen-bond acceptors (Lipinski definition) is 3. The molecule has 1 aliphatic heterocycles. The summed E-state index contributed by atoms with van der Waals surface area (Å²) < 4.78 is 6.73. The van der Waals surface area contributed by atoms with Crippen molar-refractivity contribution in [3.63, 3.8) is 0 Å². The van der Waals surface area contributed by atoms with Gasteiger partial charge in [0.25, 0.3) is 0 Å². The molecule has 0 spiro atoms. The van der Waals surface area contributed by atoms with Crippen LogP contribution in [-0.4, -0.2) is 19.3 Å². The Balaban J connectivity index is 1.70. The standard InChI is InChI=1S/C11H16BrNOS/c1-8-9(4-5-14-8)6-13-7-10-2-3-11(12)15-10/h2-3,8-9,13H,4-7H2,1H3. The van der Waals surface area contributed by atoms with Crippen LogP contribution in [0.3, 0.4) is 0 Å². The molecule has 0 bridgehead atoms. The highest BCUT2D eigenvalue weighted by Crippen LogP contribution is 2.22. The zero-order valence-corrected chi connectivity index (χ0v) is 11.2. The van der Waals surface area contributed by atoms with Crippen LogP contribution in [0, 0.1) is 5.92 Å². The zero-order chi connectivity index (χ0) is 10.7. The molecule has 1 aliphatic rings. The Morgan fingerprint density at radius 3 is 3.07 bits per heavy atom. The first-order valence-electron chi connectivity index (χ1n) is 5.32. The van der Waals surface area contributed by atoms with Crippen LogP contribution in [0.1, 0.15) is 18.2 Å². The maximum atomic E-state index is 5.53. The molecule has 2 atom stereocenters. The van der Waals surface area contributed by atoms with Crippen LogP contribution in [0.2, 0.25) is 0 Å². The van der Waals surface area contributed by atoms with Crippen molar-refractivity contribution in [1.82, 2.24) is 5.32 Å². The number of rotatable bonds is 4. The van der Waals surface area contributed by atoms with Crippen LogP contribution in [0.4, 0.5) is 0 Å². The fourth-order valence-electron chi connectivity index (χ4n) is 1.87. The molecule has 0 aliphatic carbocycles. The first kappa shape index (κ1) is 11.6. The second-order valence-electron chi connectivity index (χ2n) is 3.96. The van der Waals surface area contributed by atoms with E-state index in [1.165, 1.54) is 15.1 Å².